The molecule has 31 heavy (non-hydrogen) atoms. The highest BCUT2D eigenvalue weighted by atomic mass is 32.2. The molecule has 5 nitrogen and oxygen atoms in total. The van der Waals surface area contributed by atoms with Crippen molar-refractivity contribution in [3.05, 3.63) is 65.7 Å². The van der Waals surface area contributed by atoms with Gasteiger partial charge in [-0.2, -0.15) is 0 Å². The van der Waals surface area contributed by atoms with E-state index in [4.69, 9.17) is 4.74 Å². The number of thioether (sulfide) groups is 1. The summed E-state index contributed by atoms with van der Waals surface area (Å²) in [5, 5.41) is 3.04. The number of nitrogens with one attached hydrogen (secondary N) is 1. The highest BCUT2D eigenvalue weighted by Crippen LogP contribution is 2.19. The predicted octanol–water partition coefficient (Wildman–Crippen LogP) is 4.65. The number of carbonyl (C=O) groups is 2. The van der Waals surface area contributed by atoms with Gasteiger partial charge in [0.15, 0.2) is 0 Å². The van der Waals surface area contributed by atoms with E-state index in [-0.39, 0.29) is 17.9 Å². The number of amides is 2. The fourth-order valence-electron chi connectivity index (χ4n) is 3.24. The van der Waals surface area contributed by atoms with Crippen molar-refractivity contribution in [3.63, 3.8) is 0 Å². The molecule has 0 aliphatic rings. The number of rotatable bonds is 12. The number of benzene rings is 2. The van der Waals surface area contributed by atoms with Gasteiger partial charge < -0.3 is 15.0 Å². The van der Waals surface area contributed by atoms with Crippen molar-refractivity contribution in [1.82, 2.24) is 10.2 Å². The first-order valence-corrected chi connectivity index (χ1v) is 12.0. The van der Waals surface area contributed by atoms with Gasteiger partial charge in [-0.25, -0.2) is 0 Å². The number of hydrogen-bond acceptors (Lipinski definition) is 4. The maximum absolute atomic E-state index is 13.2. The third kappa shape index (κ3) is 7.94. The molecule has 6 heteroatoms. The number of hydrogen-bond donors (Lipinski definition) is 1. The van der Waals surface area contributed by atoms with Crippen molar-refractivity contribution in [2.45, 2.75) is 58.0 Å². The number of ether oxygens (including phenoxy) is 1. The molecule has 2 aromatic carbocycles. The van der Waals surface area contributed by atoms with Crippen molar-refractivity contribution >= 4 is 23.6 Å². The third-order valence-electron chi connectivity index (χ3n) is 5.21. The molecule has 0 radical (unpaired) electrons. The lowest BCUT2D eigenvalue weighted by Crippen LogP contribution is -2.51. The molecule has 2 amide bonds. The van der Waals surface area contributed by atoms with Crippen molar-refractivity contribution in [3.8, 4) is 5.75 Å². The lowest BCUT2D eigenvalue weighted by atomic mass is 10.1. The second-order valence-electron chi connectivity index (χ2n) is 7.59. The summed E-state index contributed by atoms with van der Waals surface area (Å²) < 4.78 is 5.33. The molecule has 0 aliphatic carbocycles. The molecule has 2 aromatic rings. The Morgan fingerprint density at radius 2 is 1.74 bits per heavy atom. The standard InChI is InChI=1S/C25H34N2O3S/c1-5-19(3)26-25(29)23(6-2)27(16-21-13-10-14-22(15-21)30-4)24(28)18-31-17-20-11-8-7-9-12-20/h7-15,19,23H,5-6,16-18H2,1-4H3,(H,26,29)/t19-,23-/m0/s1. The highest BCUT2D eigenvalue weighted by Gasteiger charge is 2.29. The molecular formula is C25H34N2O3S. The Morgan fingerprint density at radius 1 is 1.03 bits per heavy atom. The molecule has 0 aromatic heterocycles. The fourth-order valence-corrected chi connectivity index (χ4v) is 4.11. The van der Waals surface area contributed by atoms with Gasteiger partial charge in [-0.15, -0.1) is 11.8 Å². The van der Waals surface area contributed by atoms with Crippen LogP contribution in [0.1, 0.15) is 44.7 Å². The van der Waals surface area contributed by atoms with Crippen LogP contribution < -0.4 is 10.1 Å². The first-order valence-electron chi connectivity index (χ1n) is 10.8. The Labute approximate surface area is 190 Å². The van der Waals surface area contributed by atoms with E-state index in [0.717, 1.165) is 23.5 Å². The molecule has 0 heterocycles. The minimum atomic E-state index is -0.509. The van der Waals surface area contributed by atoms with E-state index >= 15 is 0 Å². The van der Waals surface area contributed by atoms with Crippen molar-refractivity contribution in [1.29, 1.82) is 0 Å². The van der Waals surface area contributed by atoms with E-state index in [0.29, 0.717) is 18.7 Å². The first kappa shape index (κ1) is 24.8. The number of carbonyl (C=O) groups excluding carboxylic acids is 2. The molecule has 0 aliphatic heterocycles. The topological polar surface area (TPSA) is 58.6 Å². The summed E-state index contributed by atoms with van der Waals surface area (Å²) in [6.45, 7) is 6.33. The van der Waals surface area contributed by atoms with Crippen LogP contribution in [-0.4, -0.2) is 41.7 Å². The number of methoxy groups -OCH3 is 1. The molecule has 0 spiro atoms. The van der Waals surface area contributed by atoms with Gasteiger partial charge in [0.05, 0.1) is 12.9 Å². The maximum atomic E-state index is 13.2. The lowest BCUT2D eigenvalue weighted by molar-refractivity contribution is -0.139. The van der Waals surface area contributed by atoms with Crippen LogP contribution in [0, 0.1) is 0 Å². The Kier molecular flexibility index (Phi) is 10.4. The first-order chi connectivity index (χ1) is 15.0. The van der Waals surface area contributed by atoms with E-state index < -0.39 is 6.04 Å². The normalized spacial score (nSPS) is 12.6. The van der Waals surface area contributed by atoms with Crippen molar-refractivity contribution < 1.29 is 14.3 Å². The molecule has 0 saturated carbocycles. The zero-order chi connectivity index (χ0) is 22.6. The Balaban J connectivity index is 2.16. The van der Waals surface area contributed by atoms with Crippen LogP contribution in [0.25, 0.3) is 0 Å². The van der Waals surface area contributed by atoms with E-state index in [2.05, 4.69) is 17.4 Å². The molecule has 0 fully saturated rings. The summed E-state index contributed by atoms with van der Waals surface area (Å²) in [6, 6.07) is 17.3. The average Bonchev–Trinajstić information content (AvgIpc) is 2.79. The Hall–Kier alpha value is -2.47. The van der Waals surface area contributed by atoms with E-state index in [9.17, 15) is 9.59 Å². The molecule has 2 atom stereocenters. The van der Waals surface area contributed by atoms with Gasteiger partial charge in [-0.3, -0.25) is 9.59 Å². The molecule has 2 rings (SSSR count). The van der Waals surface area contributed by atoms with Crippen LogP contribution in [0.2, 0.25) is 0 Å². The predicted molar refractivity (Wildman–Crippen MR) is 128 cm³/mol. The second-order valence-corrected chi connectivity index (χ2v) is 8.58. The second kappa shape index (κ2) is 13.1. The zero-order valence-electron chi connectivity index (χ0n) is 19.0. The van der Waals surface area contributed by atoms with Crippen LogP contribution >= 0.6 is 11.8 Å². The summed E-state index contributed by atoms with van der Waals surface area (Å²) in [7, 11) is 1.62. The molecule has 168 valence electrons. The molecule has 0 unspecified atom stereocenters. The van der Waals surface area contributed by atoms with E-state index in [1.54, 1.807) is 23.8 Å². The summed E-state index contributed by atoms with van der Waals surface area (Å²) in [5.74, 6) is 1.69. The summed E-state index contributed by atoms with van der Waals surface area (Å²) in [5.41, 5.74) is 2.12. The number of nitrogens with zero attached hydrogens (tertiary/aromatic N) is 1. The van der Waals surface area contributed by atoms with Gasteiger partial charge in [0.2, 0.25) is 11.8 Å². The average molecular weight is 443 g/mol. The van der Waals surface area contributed by atoms with Gasteiger partial charge in [0, 0.05) is 18.3 Å². The van der Waals surface area contributed by atoms with Crippen LogP contribution in [0.5, 0.6) is 5.75 Å². The van der Waals surface area contributed by atoms with Crippen molar-refractivity contribution in [2.24, 2.45) is 0 Å². The van der Waals surface area contributed by atoms with Crippen LogP contribution in [-0.2, 0) is 21.9 Å². The smallest absolute Gasteiger partial charge is 0.243 e. The van der Waals surface area contributed by atoms with Gasteiger partial charge in [-0.1, -0.05) is 56.3 Å². The van der Waals surface area contributed by atoms with Gasteiger partial charge in [0.25, 0.3) is 0 Å². The molecular weight excluding hydrogens is 408 g/mol. The van der Waals surface area contributed by atoms with Crippen LogP contribution in [0.4, 0.5) is 0 Å². The van der Waals surface area contributed by atoms with E-state index in [1.807, 2.05) is 63.2 Å². The summed E-state index contributed by atoms with van der Waals surface area (Å²) in [6.07, 6.45) is 1.40. The van der Waals surface area contributed by atoms with Crippen LogP contribution in [0.15, 0.2) is 54.6 Å². The van der Waals surface area contributed by atoms with Gasteiger partial charge in [0.1, 0.15) is 11.8 Å². The summed E-state index contributed by atoms with van der Waals surface area (Å²) in [4.78, 5) is 27.9. The van der Waals surface area contributed by atoms with Gasteiger partial charge in [-0.05, 0) is 43.0 Å². The monoisotopic (exact) mass is 442 g/mol. The lowest BCUT2D eigenvalue weighted by Gasteiger charge is -2.31. The Bertz CT molecular complexity index is 829. The van der Waals surface area contributed by atoms with E-state index in [1.165, 1.54) is 5.56 Å². The largest absolute Gasteiger partial charge is 0.497 e. The molecule has 0 saturated heterocycles. The Morgan fingerprint density at radius 3 is 2.39 bits per heavy atom. The van der Waals surface area contributed by atoms with Gasteiger partial charge >= 0.3 is 0 Å². The third-order valence-corrected chi connectivity index (χ3v) is 6.20. The molecule has 0 bridgehead atoms. The fraction of sp³-hybridized carbons (Fsp3) is 0.440. The quantitative estimate of drug-likeness (QED) is 0.520. The maximum Gasteiger partial charge on any atom is 0.243 e. The molecule has 1 N–H and O–H groups in total. The SMILES string of the molecule is CC[C@H](C)NC(=O)[C@H](CC)N(Cc1cccc(OC)c1)C(=O)CSCc1ccccc1. The van der Waals surface area contributed by atoms with Crippen LogP contribution in [0.3, 0.4) is 0 Å². The highest BCUT2D eigenvalue weighted by molar-refractivity contribution is 7.99. The minimum Gasteiger partial charge on any atom is -0.497 e. The zero-order valence-corrected chi connectivity index (χ0v) is 19.8. The van der Waals surface area contributed by atoms with Crippen molar-refractivity contribution in [2.75, 3.05) is 12.9 Å². The summed E-state index contributed by atoms with van der Waals surface area (Å²) >= 11 is 1.57. The minimum absolute atomic E-state index is 0.0325.